The van der Waals surface area contributed by atoms with Crippen LogP contribution in [0.5, 0.6) is 0 Å². The molecule has 130 valence electrons. The van der Waals surface area contributed by atoms with Crippen LogP contribution in [0.15, 0.2) is 91.0 Å². The van der Waals surface area contributed by atoms with Gasteiger partial charge in [-0.1, -0.05) is 85.8 Å². The van der Waals surface area contributed by atoms with Crippen molar-refractivity contribution in [3.05, 3.63) is 108 Å². The second-order valence-electron chi connectivity index (χ2n) is 6.25. The van der Waals surface area contributed by atoms with Crippen molar-refractivity contribution < 1.29 is 9.59 Å². The monoisotopic (exact) mass is 343 g/mol. The van der Waals surface area contributed by atoms with Gasteiger partial charge in [-0.2, -0.15) is 0 Å². The Hall–Kier alpha value is -3.20. The predicted molar refractivity (Wildman–Crippen MR) is 103 cm³/mol. The van der Waals surface area contributed by atoms with E-state index in [-0.39, 0.29) is 11.7 Å². The maximum absolute atomic E-state index is 12.9. The first-order valence-corrected chi connectivity index (χ1v) is 8.67. The zero-order valence-corrected chi connectivity index (χ0v) is 14.6. The number of hydrogen-bond acceptors (Lipinski definition) is 2. The minimum Gasteiger partial charge on any atom is -0.345 e. The molecule has 0 radical (unpaired) electrons. The fourth-order valence-electron chi connectivity index (χ4n) is 2.99. The summed E-state index contributed by atoms with van der Waals surface area (Å²) in [4.78, 5) is 25.6. The predicted octanol–water partition coefficient (Wildman–Crippen LogP) is 4.68. The highest BCUT2D eigenvalue weighted by Crippen LogP contribution is 2.25. The van der Waals surface area contributed by atoms with Crippen molar-refractivity contribution in [1.82, 2.24) is 5.32 Å². The van der Waals surface area contributed by atoms with E-state index in [1.807, 2.05) is 73.7 Å². The van der Waals surface area contributed by atoms with Crippen molar-refractivity contribution in [3.8, 4) is 0 Å². The van der Waals surface area contributed by atoms with Gasteiger partial charge in [-0.05, 0) is 17.7 Å². The molecule has 0 aromatic heterocycles. The summed E-state index contributed by atoms with van der Waals surface area (Å²) in [6.45, 7) is 1.86. The molecule has 0 unspecified atom stereocenters. The summed E-state index contributed by atoms with van der Waals surface area (Å²) < 4.78 is 0. The molecule has 2 atom stereocenters. The van der Waals surface area contributed by atoms with Gasteiger partial charge in [-0.25, -0.2) is 0 Å². The SMILES string of the molecule is C[C@H](C(=O)c1ccccc1)[C@@H](NC(=O)c1ccccc1)c1ccccc1. The van der Waals surface area contributed by atoms with E-state index < -0.39 is 12.0 Å². The second-order valence-corrected chi connectivity index (χ2v) is 6.25. The first kappa shape index (κ1) is 17.6. The van der Waals surface area contributed by atoms with Crippen LogP contribution in [0.3, 0.4) is 0 Å². The van der Waals surface area contributed by atoms with E-state index in [1.54, 1.807) is 24.3 Å². The molecule has 1 amide bonds. The molecule has 3 rings (SSSR count). The third kappa shape index (κ3) is 4.06. The fraction of sp³-hybridized carbons (Fsp3) is 0.130. The van der Waals surface area contributed by atoms with Gasteiger partial charge < -0.3 is 5.32 Å². The number of nitrogens with one attached hydrogen (secondary N) is 1. The molecule has 0 aliphatic rings. The summed E-state index contributed by atoms with van der Waals surface area (Å²) in [7, 11) is 0. The van der Waals surface area contributed by atoms with Gasteiger partial charge in [-0.3, -0.25) is 9.59 Å². The van der Waals surface area contributed by atoms with Gasteiger partial charge >= 0.3 is 0 Å². The number of rotatable bonds is 6. The molecule has 3 nitrogen and oxygen atoms in total. The van der Waals surface area contributed by atoms with Crippen LogP contribution in [0.25, 0.3) is 0 Å². The van der Waals surface area contributed by atoms with Crippen molar-refractivity contribution in [3.63, 3.8) is 0 Å². The molecule has 26 heavy (non-hydrogen) atoms. The van der Waals surface area contributed by atoms with Crippen LogP contribution in [0.1, 0.15) is 39.2 Å². The van der Waals surface area contributed by atoms with Crippen LogP contribution in [-0.2, 0) is 0 Å². The fourth-order valence-corrected chi connectivity index (χ4v) is 2.99. The number of hydrogen-bond donors (Lipinski definition) is 1. The lowest BCUT2D eigenvalue weighted by molar-refractivity contribution is 0.0860. The quantitative estimate of drug-likeness (QED) is 0.661. The van der Waals surface area contributed by atoms with Crippen LogP contribution in [-0.4, -0.2) is 11.7 Å². The van der Waals surface area contributed by atoms with Crippen LogP contribution >= 0.6 is 0 Å². The Bertz CT molecular complexity index is 860. The lowest BCUT2D eigenvalue weighted by Gasteiger charge is -2.25. The summed E-state index contributed by atoms with van der Waals surface area (Å²) in [6, 6.07) is 27.4. The van der Waals surface area contributed by atoms with Crippen molar-refractivity contribution in [1.29, 1.82) is 0 Å². The van der Waals surface area contributed by atoms with E-state index in [0.29, 0.717) is 11.1 Å². The Morgan fingerprint density at radius 1 is 0.692 bits per heavy atom. The maximum atomic E-state index is 12.9. The van der Waals surface area contributed by atoms with Crippen LogP contribution in [0, 0.1) is 5.92 Å². The summed E-state index contributed by atoms with van der Waals surface area (Å²) >= 11 is 0. The van der Waals surface area contributed by atoms with Gasteiger partial charge in [0.2, 0.25) is 0 Å². The smallest absolute Gasteiger partial charge is 0.251 e. The molecule has 1 N–H and O–H groups in total. The Labute approximate surface area is 153 Å². The minimum atomic E-state index is -0.406. The van der Waals surface area contributed by atoms with E-state index in [2.05, 4.69) is 5.32 Å². The van der Waals surface area contributed by atoms with Crippen molar-refractivity contribution in [2.24, 2.45) is 5.92 Å². The van der Waals surface area contributed by atoms with Gasteiger partial charge in [0.15, 0.2) is 5.78 Å². The second kappa shape index (κ2) is 8.26. The molecule has 0 aliphatic carbocycles. The summed E-state index contributed by atoms with van der Waals surface area (Å²) in [6.07, 6.45) is 0. The highest BCUT2D eigenvalue weighted by atomic mass is 16.2. The average molecular weight is 343 g/mol. The zero-order valence-electron chi connectivity index (χ0n) is 14.6. The average Bonchev–Trinajstić information content (AvgIpc) is 2.72. The van der Waals surface area contributed by atoms with Crippen molar-refractivity contribution in [2.45, 2.75) is 13.0 Å². The third-order valence-electron chi connectivity index (χ3n) is 4.45. The summed E-state index contributed by atoms with van der Waals surface area (Å²) in [5.41, 5.74) is 2.14. The lowest BCUT2D eigenvalue weighted by atomic mass is 9.88. The number of carbonyl (C=O) groups is 2. The molecule has 3 aromatic rings. The maximum Gasteiger partial charge on any atom is 0.251 e. The van der Waals surface area contributed by atoms with Crippen molar-refractivity contribution >= 4 is 11.7 Å². The number of carbonyl (C=O) groups excluding carboxylic acids is 2. The van der Waals surface area contributed by atoms with E-state index >= 15 is 0 Å². The van der Waals surface area contributed by atoms with E-state index in [0.717, 1.165) is 5.56 Å². The molecule has 0 saturated carbocycles. The van der Waals surface area contributed by atoms with Crippen LogP contribution in [0.2, 0.25) is 0 Å². The van der Waals surface area contributed by atoms with Crippen molar-refractivity contribution in [2.75, 3.05) is 0 Å². The molecule has 3 heteroatoms. The van der Waals surface area contributed by atoms with Crippen LogP contribution in [0.4, 0.5) is 0 Å². The molecule has 0 fully saturated rings. The standard InChI is InChI=1S/C23H21NO2/c1-17(22(25)19-13-7-3-8-14-19)21(18-11-5-2-6-12-18)24-23(26)20-15-9-4-10-16-20/h2-17,21H,1H3,(H,24,26)/t17-,21+/m0/s1. The molecule has 0 saturated heterocycles. The number of benzene rings is 3. The third-order valence-corrected chi connectivity index (χ3v) is 4.45. The van der Waals surface area contributed by atoms with Gasteiger partial charge in [0.1, 0.15) is 0 Å². The van der Waals surface area contributed by atoms with Gasteiger partial charge in [0.25, 0.3) is 5.91 Å². The Balaban J connectivity index is 1.89. The highest BCUT2D eigenvalue weighted by molar-refractivity contribution is 5.99. The Morgan fingerprint density at radius 3 is 1.69 bits per heavy atom. The van der Waals surface area contributed by atoms with E-state index in [4.69, 9.17) is 0 Å². The Kier molecular flexibility index (Phi) is 5.59. The van der Waals surface area contributed by atoms with Gasteiger partial charge in [-0.15, -0.1) is 0 Å². The topological polar surface area (TPSA) is 46.2 Å². The number of ketones is 1. The Morgan fingerprint density at radius 2 is 1.15 bits per heavy atom. The largest absolute Gasteiger partial charge is 0.345 e. The zero-order chi connectivity index (χ0) is 18.4. The number of amides is 1. The first-order chi connectivity index (χ1) is 12.7. The lowest BCUT2D eigenvalue weighted by Crippen LogP contribution is -2.35. The van der Waals surface area contributed by atoms with E-state index in [1.165, 1.54) is 0 Å². The molecule has 0 bridgehead atoms. The molecular formula is C23H21NO2. The molecule has 0 heterocycles. The summed E-state index contributed by atoms with van der Waals surface area (Å²) in [5, 5.41) is 3.04. The molecule has 3 aromatic carbocycles. The molecule has 0 aliphatic heterocycles. The normalized spacial score (nSPS) is 12.8. The van der Waals surface area contributed by atoms with Gasteiger partial charge in [0.05, 0.1) is 6.04 Å². The molecular weight excluding hydrogens is 322 g/mol. The number of Topliss-reactive ketones (excluding diaryl/α,β-unsaturated/α-hetero) is 1. The molecule has 0 spiro atoms. The minimum absolute atomic E-state index is 0.00724. The highest BCUT2D eigenvalue weighted by Gasteiger charge is 2.28. The summed E-state index contributed by atoms with van der Waals surface area (Å²) in [5.74, 6) is -0.576. The van der Waals surface area contributed by atoms with Crippen LogP contribution < -0.4 is 5.32 Å². The van der Waals surface area contributed by atoms with E-state index in [9.17, 15) is 9.59 Å². The van der Waals surface area contributed by atoms with Gasteiger partial charge in [0, 0.05) is 17.0 Å². The first-order valence-electron chi connectivity index (χ1n) is 8.67.